The van der Waals surface area contributed by atoms with Crippen molar-refractivity contribution >= 4 is 17.2 Å². The van der Waals surface area contributed by atoms with Crippen molar-refractivity contribution in [3.05, 3.63) is 53.5 Å². The number of nitrogens with zero attached hydrogens (tertiary/aromatic N) is 3. The molecule has 1 fully saturated rings. The van der Waals surface area contributed by atoms with Crippen molar-refractivity contribution in [3.63, 3.8) is 0 Å². The lowest BCUT2D eigenvalue weighted by Crippen LogP contribution is -2.16. The number of carbonyl (C=O) groups excluding carboxylic acids is 1. The summed E-state index contributed by atoms with van der Waals surface area (Å²) in [5.41, 5.74) is -0.512. The van der Waals surface area contributed by atoms with E-state index < -0.39 is 17.8 Å². The van der Waals surface area contributed by atoms with Crippen molar-refractivity contribution in [2.24, 2.45) is 0 Å². The van der Waals surface area contributed by atoms with E-state index in [2.05, 4.69) is 15.4 Å². The monoisotopic (exact) mass is 362 g/mol. The van der Waals surface area contributed by atoms with E-state index in [1.807, 2.05) is 0 Å². The predicted octanol–water partition coefficient (Wildman–Crippen LogP) is 3.58. The molecule has 1 saturated carbocycles. The minimum Gasteiger partial charge on any atom is -0.508 e. The maximum atomic E-state index is 13.4. The Balaban J connectivity index is 1.73. The molecule has 4 rings (SSSR count). The van der Waals surface area contributed by atoms with Gasteiger partial charge in [0.15, 0.2) is 11.3 Å². The molecule has 2 N–H and O–H groups in total. The van der Waals surface area contributed by atoms with Gasteiger partial charge in [0.05, 0.1) is 0 Å². The summed E-state index contributed by atoms with van der Waals surface area (Å²) in [7, 11) is 0. The van der Waals surface area contributed by atoms with Crippen LogP contribution in [0, 0.1) is 0 Å². The third-order valence-corrected chi connectivity index (χ3v) is 4.07. The van der Waals surface area contributed by atoms with Gasteiger partial charge in [-0.25, -0.2) is 9.50 Å². The Labute approximate surface area is 145 Å². The predicted molar refractivity (Wildman–Crippen MR) is 86.0 cm³/mol. The number of hydrogen-bond acceptors (Lipinski definition) is 4. The summed E-state index contributed by atoms with van der Waals surface area (Å²) in [6, 6.07) is 8.03. The van der Waals surface area contributed by atoms with Gasteiger partial charge in [-0.15, -0.1) is 0 Å². The van der Waals surface area contributed by atoms with Gasteiger partial charge in [0.25, 0.3) is 5.91 Å². The zero-order valence-electron chi connectivity index (χ0n) is 13.3. The number of phenolic OH excluding ortho intramolecular Hbond substituents is 1. The summed E-state index contributed by atoms with van der Waals surface area (Å²) in [5.74, 6) is -0.712. The first-order valence-electron chi connectivity index (χ1n) is 7.89. The smallest absolute Gasteiger partial charge is 0.433 e. The summed E-state index contributed by atoms with van der Waals surface area (Å²) >= 11 is 0. The largest absolute Gasteiger partial charge is 0.508 e. The van der Waals surface area contributed by atoms with E-state index in [0.717, 1.165) is 18.9 Å². The maximum absolute atomic E-state index is 13.4. The molecule has 26 heavy (non-hydrogen) atoms. The highest BCUT2D eigenvalue weighted by molar-refractivity contribution is 6.03. The average molecular weight is 362 g/mol. The molecule has 0 radical (unpaired) electrons. The third-order valence-electron chi connectivity index (χ3n) is 4.07. The molecule has 134 valence electrons. The molecule has 2 aromatic heterocycles. The summed E-state index contributed by atoms with van der Waals surface area (Å²) in [6.45, 7) is 0. The molecule has 1 aromatic carbocycles. The van der Waals surface area contributed by atoms with Crippen LogP contribution < -0.4 is 5.32 Å². The first-order chi connectivity index (χ1) is 12.3. The summed E-state index contributed by atoms with van der Waals surface area (Å²) < 4.78 is 40.7. The Hall–Kier alpha value is -3.10. The Bertz CT molecular complexity index is 1010. The number of nitrogens with one attached hydrogen (secondary N) is 1. The van der Waals surface area contributed by atoms with Gasteiger partial charge in [0, 0.05) is 29.4 Å². The standard InChI is InChI=1S/C17H13F3N4O2/c18-17(19,20)14-7-12(9-4-5-9)22-15-8-13(23-24(14)15)16(26)21-10-2-1-3-11(25)6-10/h1-3,6-9,25H,4-5H2,(H,21,26). The van der Waals surface area contributed by atoms with Crippen molar-refractivity contribution < 1.29 is 23.1 Å². The van der Waals surface area contributed by atoms with E-state index in [1.54, 1.807) is 0 Å². The van der Waals surface area contributed by atoms with E-state index in [-0.39, 0.29) is 23.0 Å². The maximum Gasteiger partial charge on any atom is 0.433 e. The fraction of sp³-hybridized carbons (Fsp3) is 0.235. The number of fused-ring (bicyclic) bond motifs is 1. The second-order valence-electron chi connectivity index (χ2n) is 6.14. The van der Waals surface area contributed by atoms with E-state index in [4.69, 9.17) is 0 Å². The minimum absolute atomic E-state index is 0.0252. The normalized spacial score (nSPS) is 14.6. The van der Waals surface area contributed by atoms with Crippen molar-refractivity contribution in [3.8, 4) is 5.75 Å². The molecule has 1 aliphatic rings. The topological polar surface area (TPSA) is 79.5 Å². The highest BCUT2D eigenvalue weighted by Crippen LogP contribution is 2.41. The first-order valence-corrected chi connectivity index (χ1v) is 7.89. The van der Waals surface area contributed by atoms with Gasteiger partial charge in [-0.05, 0) is 31.0 Å². The van der Waals surface area contributed by atoms with Crippen LogP contribution in [0.15, 0.2) is 36.4 Å². The molecule has 3 aromatic rings. The van der Waals surface area contributed by atoms with Crippen molar-refractivity contribution in [1.82, 2.24) is 14.6 Å². The van der Waals surface area contributed by atoms with Crippen LogP contribution in [0.4, 0.5) is 18.9 Å². The molecule has 0 saturated heterocycles. The Kier molecular flexibility index (Phi) is 3.60. The molecule has 0 spiro atoms. The van der Waals surface area contributed by atoms with Crippen LogP contribution in [0.3, 0.4) is 0 Å². The lowest BCUT2D eigenvalue weighted by Gasteiger charge is -2.10. The number of halogens is 3. The van der Waals surface area contributed by atoms with E-state index in [0.29, 0.717) is 15.9 Å². The van der Waals surface area contributed by atoms with Gasteiger partial charge >= 0.3 is 6.18 Å². The number of phenols is 1. The summed E-state index contributed by atoms with van der Waals surface area (Å²) in [4.78, 5) is 16.5. The number of hydrogen-bond donors (Lipinski definition) is 2. The number of amides is 1. The number of rotatable bonds is 3. The first kappa shape index (κ1) is 16.4. The highest BCUT2D eigenvalue weighted by Gasteiger charge is 2.37. The Morgan fingerprint density at radius 3 is 2.65 bits per heavy atom. The van der Waals surface area contributed by atoms with Crippen molar-refractivity contribution in [2.75, 3.05) is 5.32 Å². The molecular weight excluding hydrogens is 349 g/mol. The van der Waals surface area contributed by atoms with Crippen LogP contribution in [0.25, 0.3) is 5.65 Å². The number of aromatic hydroxyl groups is 1. The molecule has 0 bridgehead atoms. The second kappa shape index (κ2) is 5.72. The van der Waals surface area contributed by atoms with Crippen LogP contribution >= 0.6 is 0 Å². The summed E-state index contributed by atoms with van der Waals surface area (Å²) in [6.07, 6.45) is -3.01. The van der Waals surface area contributed by atoms with E-state index in [1.165, 1.54) is 30.3 Å². The molecule has 1 aliphatic carbocycles. The average Bonchev–Trinajstić information content (AvgIpc) is 3.31. The number of benzene rings is 1. The second-order valence-corrected chi connectivity index (χ2v) is 6.14. The van der Waals surface area contributed by atoms with Crippen LogP contribution in [0.5, 0.6) is 5.75 Å². The van der Waals surface area contributed by atoms with Crippen LogP contribution in [-0.2, 0) is 6.18 Å². The zero-order valence-corrected chi connectivity index (χ0v) is 13.3. The van der Waals surface area contributed by atoms with Gasteiger partial charge in [-0.3, -0.25) is 4.79 Å². The van der Waals surface area contributed by atoms with Crippen LogP contribution in [-0.4, -0.2) is 25.6 Å². The van der Waals surface area contributed by atoms with Gasteiger partial charge in [0.2, 0.25) is 0 Å². The van der Waals surface area contributed by atoms with Crippen molar-refractivity contribution in [2.45, 2.75) is 24.9 Å². The molecule has 0 unspecified atom stereocenters. The quantitative estimate of drug-likeness (QED) is 0.746. The lowest BCUT2D eigenvalue weighted by atomic mass is 10.2. The number of alkyl halides is 3. The number of anilines is 1. The number of carbonyl (C=O) groups is 1. The molecule has 6 nitrogen and oxygen atoms in total. The van der Waals surface area contributed by atoms with Gasteiger partial charge in [-0.1, -0.05) is 6.07 Å². The van der Waals surface area contributed by atoms with Crippen LogP contribution in [0.1, 0.15) is 40.6 Å². The van der Waals surface area contributed by atoms with Crippen molar-refractivity contribution in [1.29, 1.82) is 0 Å². The Morgan fingerprint density at radius 1 is 1.23 bits per heavy atom. The van der Waals surface area contributed by atoms with Gasteiger partial charge in [-0.2, -0.15) is 18.3 Å². The fourth-order valence-electron chi connectivity index (χ4n) is 2.67. The lowest BCUT2D eigenvalue weighted by molar-refractivity contribution is -0.142. The molecule has 0 aliphatic heterocycles. The van der Waals surface area contributed by atoms with E-state index >= 15 is 0 Å². The minimum atomic E-state index is -4.62. The summed E-state index contributed by atoms with van der Waals surface area (Å²) in [5, 5.41) is 15.7. The molecular formula is C17H13F3N4O2. The molecule has 9 heteroatoms. The van der Waals surface area contributed by atoms with Crippen LogP contribution in [0.2, 0.25) is 0 Å². The third kappa shape index (κ3) is 3.07. The number of aromatic nitrogens is 3. The SMILES string of the molecule is O=C(Nc1cccc(O)c1)c1cc2nc(C3CC3)cc(C(F)(F)F)n2n1. The van der Waals surface area contributed by atoms with E-state index in [9.17, 15) is 23.1 Å². The highest BCUT2D eigenvalue weighted by atomic mass is 19.4. The van der Waals surface area contributed by atoms with Gasteiger partial charge < -0.3 is 10.4 Å². The molecule has 1 amide bonds. The molecule has 2 heterocycles. The zero-order chi connectivity index (χ0) is 18.5. The Morgan fingerprint density at radius 2 is 2.00 bits per heavy atom. The fourth-order valence-corrected chi connectivity index (χ4v) is 2.67. The molecule has 0 atom stereocenters. The van der Waals surface area contributed by atoms with Gasteiger partial charge in [0.1, 0.15) is 11.4 Å².